The maximum atomic E-state index is 12.5. The quantitative estimate of drug-likeness (QED) is 0.686. The molecule has 0 radical (unpaired) electrons. The Hall–Kier alpha value is -3.27. The first-order chi connectivity index (χ1) is 13.7. The van der Waals surface area contributed by atoms with Gasteiger partial charge in [-0.1, -0.05) is 13.0 Å². The average Bonchev–Trinajstić information content (AvgIpc) is 3.44. The molecular weight excluding hydrogens is 360 g/mol. The Kier molecular flexibility index (Phi) is 5.29. The van der Waals surface area contributed by atoms with E-state index in [0.717, 1.165) is 23.6 Å². The van der Waals surface area contributed by atoms with Crippen LogP contribution < -0.4 is 5.32 Å². The van der Waals surface area contributed by atoms with Gasteiger partial charge in [0.05, 0.1) is 13.2 Å². The minimum Gasteiger partial charge on any atom is -0.366 e. The van der Waals surface area contributed by atoms with Crippen LogP contribution in [0.5, 0.6) is 0 Å². The predicted molar refractivity (Wildman–Crippen MR) is 99.6 cm³/mol. The summed E-state index contributed by atoms with van der Waals surface area (Å²) in [4.78, 5) is 27.1. The number of morpholine rings is 1. The summed E-state index contributed by atoms with van der Waals surface area (Å²) in [7, 11) is 0. The number of hydrogen-bond acceptors (Lipinski definition) is 6. The fraction of sp³-hybridized carbons (Fsp3) is 0.389. The van der Waals surface area contributed by atoms with E-state index < -0.39 is 0 Å². The Morgan fingerprint density at radius 3 is 3.07 bits per heavy atom. The molecule has 28 heavy (non-hydrogen) atoms. The van der Waals surface area contributed by atoms with Crippen molar-refractivity contribution < 1.29 is 9.53 Å². The number of aromatic nitrogens is 6. The number of carbonyl (C=O) groups is 1. The number of aromatic amines is 1. The fourth-order valence-corrected chi connectivity index (χ4v) is 2.96. The van der Waals surface area contributed by atoms with Gasteiger partial charge in [-0.25, -0.2) is 19.7 Å². The van der Waals surface area contributed by atoms with Gasteiger partial charge in [-0.15, -0.1) is 0 Å². The van der Waals surface area contributed by atoms with E-state index >= 15 is 0 Å². The summed E-state index contributed by atoms with van der Waals surface area (Å²) in [6.45, 7) is 3.81. The molecule has 4 heterocycles. The molecule has 1 aliphatic rings. The van der Waals surface area contributed by atoms with Gasteiger partial charge >= 0.3 is 6.03 Å². The number of ether oxygens (including phenoxy) is 1. The highest BCUT2D eigenvalue weighted by Gasteiger charge is 2.28. The van der Waals surface area contributed by atoms with Crippen molar-refractivity contribution in [3.63, 3.8) is 0 Å². The number of hydrogen-bond donors (Lipinski definition) is 2. The van der Waals surface area contributed by atoms with Crippen LogP contribution in [-0.2, 0) is 17.7 Å². The number of pyridine rings is 1. The van der Waals surface area contributed by atoms with Crippen molar-refractivity contribution >= 4 is 6.03 Å². The molecule has 10 heteroatoms. The summed E-state index contributed by atoms with van der Waals surface area (Å²) in [6.07, 6.45) is 7.43. The largest absolute Gasteiger partial charge is 0.366 e. The SMILES string of the molecule is CCc1nc(C2CN(C(=O)NCc3ccc(-n4ccnc4)nc3)CCO2)n[nH]1. The molecule has 0 bridgehead atoms. The van der Waals surface area contributed by atoms with Crippen molar-refractivity contribution in [3.05, 3.63) is 54.3 Å². The van der Waals surface area contributed by atoms with Crippen LogP contribution in [0.1, 0.15) is 30.2 Å². The fourth-order valence-electron chi connectivity index (χ4n) is 2.96. The second-order valence-corrected chi connectivity index (χ2v) is 6.45. The zero-order chi connectivity index (χ0) is 19.3. The zero-order valence-corrected chi connectivity index (χ0v) is 15.6. The zero-order valence-electron chi connectivity index (χ0n) is 15.6. The molecule has 1 fully saturated rings. The van der Waals surface area contributed by atoms with Crippen molar-refractivity contribution in [2.24, 2.45) is 0 Å². The normalized spacial score (nSPS) is 16.9. The third-order valence-electron chi connectivity index (χ3n) is 4.55. The van der Waals surface area contributed by atoms with Gasteiger partial charge in [0.2, 0.25) is 0 Å². The van der Waals surface area contributed by atoms with Crippen LogP contribution in [0.25, 0.3) is 5.82 Å². The predicted octanol–water partition coefficient (Wildman–Crippen LogP) is 1.23. The minimum absolute atomic E-state index is 0.141. The maximum absolute atomic E-state index is 12.5. The number of urea groups is 1. The number of amides is 2. The third-order valence-corrected chi connectivity index (χ3v) is 4.55. The molecule has 0 spiro atoms. The molecule has 10 nitrogen and oxygen atoms in total. The van der Waals surface area contributed by atoms with Gasteiger partial charge < -0.3 is 15.0 Å². The summed E-state index contributed by atoms with van der Waals surface area (Å²) >= 11 is 0. The number of aryl methyl sites for hydroxylation is 1. The monoisotopic (exact) mass is 382 g/mol. The highest BCUT2D eigenvalue weighted by molar-refractivity contribution is 5.74. The standard InChI is InChI=1S/C18H22N8O2/c1-2-15-22-17(24-23-15)14-11-25(7-8-28-14)18(27)21-10-13-3-4-16(20-9-13)26-6-5-19-12-26/h3-6,9,12,14H,2,7-8,10-11H2,1H3,(H,21,27)(H,22,23,24). The van der Waals surface area contributed by atoms with Gasteiger partial charge in [0.15, 0.2) is 5.82 Å². The lowest BCUT2D eigenvalue weighted by Crippen LogP contribution is -2.47. The van der Waals surface area contributed by atoms with Crippen molar-refractivity contribution in [2.75, 3.05) is 19.7 Å². The molecule has 1 atom stereocenters. The van der Waals surface area contributed by atoms with Crippen molar-refractivity contribution in [2.45, 2.75) is 26.0 Å². The van der Waals surface area contributed by atoms with Crippen LogP contribution in [0.3, 0.4) is 0 Å². The number of H-pyrrole nitrogens is 1. The second kappa shape index (κ2) is 8.17. The summed E-state index contributed by atoms with van der Waals surface area (Å²) in [5.41, 5.74) is 0.920. The summed E-state index contributed by atoms with van der Waals surface area (Å²) < 4.78 is 7.55. The molecule has 3 aromatic rings. The molecule has 1 aliphatic heterocycles. The molecule has 4 rings (SSSR count). The van der Waals surface area contributed by atoms with Crippen molar-refractivity contribution in [1.29, 1.82) is 0 Å². The number of nitrogens with zero attached hydrogens (tertiary/aromatic N) is 6. The first-order valence-electron chi connectivity index (χ1n) is 9.21. The van der Waals surface area contributed by atoms with Gasteiger partial charge in [0, 0.05) is 38.1 Å². The first kappa shape index (κ1) is 18.1. The smallest absolute Gasteiger partial charge is 0.317 e. The molecule has 1 unspecified atom stereocenters. The Labute approximate surface area is 162 Å². The van der Waals surface area contributed by atoms with Crippen LogP contribution in [0, 0.1) is 0 Å². The average molecular weight is 382 g/mol. The van der Waals surface area contributed by atoms with E-state index in [0.29, 0.717) is 32.1 Å². The Bertz CT molecular complexity index is 906. The van der Waals surface area contributed by atoms with Gasteiger partial charge in [0.25, 0.3) is 0 Å². The summed E-state index contributed by atoms with van der Waals surface area (Å²) in [5.74, 6) is 2.18. The molecule has 0 aromatic carbocycles. The van der Waals surface area contributed by atoms with Gasteiger partial charge in [-0.3, -0.25) is 9.67 Å². The molecule has 0 saturated carbocycles. The van der Waals surface area contributed by atoms with E-state index in [4.69, 9.17) is 4.74 Å². The lowest BCUT2D eigenvalue weighted by atomic mass is 10.2. The summed E-state index contributed by atoms with van der Waals surface area (Å²) in [5, 5.41) is 10.0. The van der Waals surface area contributed by atoms with Crippen LogP contribution >= 0.6 is 0 Å². The highest BCUT2D eigenvalue weighted by Crippen LogP contribution is 2.19. The number of carbonyl (C=O) groups excluding carboxylic acids is 1. The van der Waals surface area contributed by atoms with Gasteiger partial charge in [-0.05, 0) is 11.6 Å². The van der Waals surface area contributed by atoms with Gasteiger partial charge in [-0.2, -0.15) is 5.10 Å². The molecule has 146 valence electrons. The van der Waals surface area contributed by atoms with Crippen LogP contribution in [0.4, 0.5) is 4.79 Å². The van der Waals surface area contributed by atoms with Crippen molar-refractivity contribution in [3.8, 4) is 5.82 Å². The van der Waals surface area contributed by atoms with Crippen LogP contribution in [-0.4, -0.2) is 60.3 Å². The third kappa shape index (κ3) is 4.01. The Morgan fingerprint density at radius 1 is 1.43 bits per heavy atom. The second-order valence-electron chi connectivity index (χ2n) is 6.45. The van der Waals surface area contributed by atoms with E-state index in [2.05, 4.69) is 30.5 Å². The number of rotatable bonds is 5. The van der Waals surface area contributed by atoms with Crippen LogP contribution in [0.15, 0.2) is 37.1 Å². The topological polar surface area (TPSA) is 114 Å². The van der Waals surface area contributed by atoms with Crippen LogP contribution in [0.2, 0.25) is 0 Å². The molecule has 2 N–H and O–H groups in total. The molecule has 3 aromatic heterocycles. The van der Waals surface area contributed by atoms with E-state index in [1.807, 2.05) is 29.8 Å². The number of imidazole rings is 1. The van der Waals surface area contributed by atoms with E-state index in [1.165, 1.54) is 0 Å². The minimum atomic E-state index is -0.313. The lowest BCUT2D eigenvalue weighted by Gasteiger charge is -2.31. The van der Waals surface area contributed by atoms with Gasteiger partial charge in [0.1, 0.15) is 24.1 Å². The Balaban J connectivity index is 1.32. The molecule has 1 saturated heterocycles. The number of nitrogens with one attached hydrogen (secondary N) is 2. The van der Waals surface area contributed by atoms with E-state index in [-0.39, 0.29) is 12.1 Å². The first-order valence-corrected chi connectivity index (χ1v) is 9.21. The maximum Gasteiger partial charge on any atom is 0.317 e. The highest BCUT2D eigenvalue weighted by atomic mass is 16.5. The molecular formula is C18H22N8O2. The molecule has 2 amide bonds. The lowest BCUT2D eigenvalue weighted by molar-refractivity contribution is -0.0198. The van der Waals surface area contributed by atoms with Crippen molar-refractivity contribution in [1.82, 2.24) is 39.9 Å². The summed E-state index contributed by atoms with van der Waals surface area (Å²) in [6, 6.07) is 3.69. The molecule has 0 aliphatic carbocycles. The Morgan fingerprint density at radius 2 is 2.36 bits per heavy atom. The van der Waals surface area contributed by atoms with E-state index in [1.54, 1.807) is 23.6 Å². The van der Waals surface area contributed by atoms with E-state index in [9.17, 15) is 4.79 Å².